The molecule has 144 valence electrons. The number of likely N-dealkylation sites (tertiary alicyclic amines) is 2. The molecule has 5 rings (SSSR count). The number of hydrogen-bond acceptors (Lipinski definition) is 6. The Morgan fingerprint density at radius 1 is 1.30 bits per heavy atom. The van der Waals surface area contributed by atoms with E-state index >= 15 is 0 Å². The number of hydrogen-bond donors (Lipinski definition) is 0. The third-order valence-electron chi connectivity index (χ3n) is 6.80. The maximum atomic E-state index is 12.9. The van der Waals surface area contributed by atoms with E-state index in [4.69, 9.17) is 4.42 Å². The summed E-state index contributed by atoms with van der Waals surface area (Å²) in [6.07, 6.45) is 6.16. The standard InChI is InChI=1S/C20H26N4O2S/c1-14-21-22-19(26-14)20-8-9-23(18(25)17-7-4-10-27-17)11-15(20)12-24(13-20)16-5-2-3-6-16/h4,7,10,15-16H,2-3,5-6,8-9,11-13H2,1H3/t15-,20-/m0/s1. The topological polar surface area (TPSA) is 62.5 Å². The molecule has 1 amide bonds. The quantitative estimate of drug-likeness (QED) is 0.811. The molecule has 2 aromatic rings. The normalized spacial score (nSPS) is 29.4. The van der Waals surface area contributed by atoms with E-state index in [1.807, 2.05) is 29.3 Å². The van der Waals surface area contributed by atoms with E-state index < -0.39 is 0 Å². The van der Waals surface area contributed by atoms with Gasteiger partial charge in [-0.25, -0.2) is 0 Å². The molecule has 0 bridgehead atoms. The van der Waals surface area contributed by atoms with Gasteiger partial charge in [-0.05, 0) is 30.7 Å². The van der Waals surface area contributed by atoms with E-state index in [-0.39, 0.29) is 11.3 Å². The second-order valence-corrected chi connectivity index (χ2v) is 9.27. The Morgan fingerprint density at radius 3 is 2.85 bits per heavy atom. The van der Waals surface area contributed by atoms with Crippen LogP contribution in [0.15, 0.2) is 21.9 Å². The summed E-state index contributed by atoms with van der Waals surface area (Å²) in [5, 5.41) is 10.5. The van der Waals surface area contributed by atoms with Crippen molar-refractivity contribution in [3.63, 3.8) is 0 Å². The highest BCUT2D eigenvalue weighted by atomic mass is 32.1. The van der Waals surface area contributed by atoms with Gasteiger partial charge in [0.05, 0.1) is 10.3 Å². The van der Waals surface area contributed by atoms with Gasteiger partial charge in [0.1, 0.15) is 0 Å². The molecule has 2 saturated heterocycles. The maximum Gasteiger partial charge on any atom is 0.263 e. The van der Waals surface area contributed by atoms with Gasteiger partial charge in [-0.1, -0.05) is 18.9 Å². The fourth-order valence-corrected chi connectivity index (χ4v) is 6.05. The van der Waals surface area contributed by atoms with Crippen LogP contribution >= 0.6 is 11.3 Å². The lowest BCUT2D eigenvalue weighted by Crippen LogP contribution is -2.51. The van der Waals surface area contributed by atoms with Crippen LogP contribution in [0.1, 0.15) is 53.6 Å². The van der Waals surface area contributed by atoms with Crippen LogP contribution in [0.5, 0.6) is 0 Å². The van der Waals surface area contributed by atoms with Gasteiger partial charge in [-0.15, -0.1) is 21.5 Å². The molecule has 0 N–H and O–H groups in total. The number of nitrogens with zero attached hydrogens (tertiary/aromatic N) is 4. The number of fused-ring (bicyclic) bond motifs is 1. The molecule has 4 heterocycles. The number of rotatable bonds is 3. The second-order valence-electron chi connectivity index (χ2n) is 8.33. The molecule has 0 aromatic carbocycles. The average molecular weight is 387 g/mol. The minimum atomic E-state index is -0.101. The first kappa shape index (κ1) is 17.4. The predicted octanol–water partition coefficient (Wildman–Crippen LogP) is 3.10. The van der Waals surface area contributed by atoms with Crippen molar-refractivity contribution in [3.8, 4) is 0 Å². The summed E-state index contributed by atoms with van der Waals surface area (Å²) in [6, 6.07) is 4.55. The van der Waals surface area contributed by atoms with Crippen molar-refractivity contribution >= 4 is 17.2 Å². The van der Waals surface area contributed by atoms with E-state index in [0.717, 1.165) is 43.4 Å². The Labute approximate surface area is 163 Å². The maximum absolute atomic E-state index is 12.9. The van der Waals surface area contributed by atoms with Crippen LogP contribution in [0.25, 0.3) is 0 Å². The van der Waals surface area contributed by atoms with Gasteiger partial charge in [0.15, 0.2) is 0 Å². The molecule has 2 aliphatic heterocycles. The molecular formula is C20H26N4O2S. The first-order valence-corrected chi connectivity index (χ1v) is 10.9. The van der Waals surface area contributed by atoms with Crippen LogP contribution in [0.4, 0.5) is 0 Å². The summed E-state index contributed by atoms with van der Waals surface area (Å²) in [5.41, 5.74) is -0.101. The van der Waals surface area contributed by atoms with Crippen molar-refractivity contribution in [2.45, 2.75) is 50.5 Å². The molecule has 1 aliphatic carbocycles. The van der Waals surface area contributed by atoms with Gasteiger partial charge in [0, 0.05) is 45.1 Å². The minimum absolute atomic E-state index is 0.101. The SMILES string of the molecule is Cc1nnc([C@]23CCN(C(=O)c4cccs4)C[C@H]2CN(C2CCCC2)C3)o1. The van der Waals surface area contributed by atoms with E-state index in [2.05, 4.69) is 15.1 Å². The van der Waals surface area contributed by atoms with Gasteiger partial charge in [-0.3, -0.25) is 9.69 Å². The number of aromatic nitrogens is 2. The summed E-state index contributed by atoms with van der Waals surface area (Å²) in [4.78, 5) is 18.4. The van der Waals surface area contributed by atoms with Gasteiger partial charge in [-0.2, -0.15) is 0 Å². The van der Waals surface area contributed by atoms with Gasteiger partial charge >= 0.3 is 0 Å². The molecule has 0 radical (unpaired) electrons. The molecule has 1 saturated carbocycles. The van der Waals surface area contributed by atoms with Crippen LogP contribution in [0.2, 0.25) is 0 Å². The molecule has 2 atom stereocenters. The number of thiophene rings is 1. The fraction of sp³-hybridized carbons (Fsp3) is 0.650. The highest BCUT2D eigenvalue weighted by Gasteiger charge is 2.55. The van der Waals surface area contributed by atoms with Crippen molar-refractivity contribution in [2.24, 2.45) is 5.92 Å². The van der Waals surface area contributed by atoms with Crippen LogP contribution < -0.4 is 0 Å². The highest BCUT2D eigenvalue weighted by molar-refractivity contribution is 7.12. The molecule has 7 heteroatoms. The molecule has 3 aliphatic rings. The Balaban J connectivity index is 1.42. The molecular weight excluding hydrogens is 360 g/mol. The summed E-state index contributed by atoms with van der Waals surface area (Å²) < 4.78 is 5.96. The first-order valence-electron chi connectivity index (χ1n) is 10.0. The summed E-state index contributed by atoms with van der Waals surface area (Å²) in [7, 11) is 0. The third kappa shape index (κ3) is 2.91. The number of carbonyl (C=O) groups is 1. The fourth-order valence-electron chi connectivity index (χ4n) is 5.36. The van der Waals surface area contributed by atoms with Crippen LogP contribution in [0, 0.1) is 12.8 Å². The monoisotopic (exact) mass is 386 g/mol. The summed E-state index contributed by atoms with van der Waals surface area (Å²) >= 11 is 1.53. The van der Waals surface area contributed by atoms with Crippen molar-refractivity contribution in [1.82, 2.24) is 20.0 Å². The van der Waals surface area contributed by atoms with Gasteiger partial charge < -0.3 is 9.32 Å². The number of aryl methyl sites for hydroxylation is 1. The zero-order valence-electron chi connectivity index (χ0n) is 15.8. The molecule has 0 unspecified atom stereocenters. The largest absolute Gasteiger partial charge is 0.425 e. The van der Waals surface area contributed by atoms with E-state index in [1.54, 1.807) is 0 Å². The van der Waals surface area contributed by atoms with Crippen LogP contribution in [-0.2, 0) is 5.41 Å². The molecule has 0 spiro atoms. The van der Waals surface area contributed by atoms with Crippen molar-refractivity contribution < 1.29 is 9.21 Å². The van der Waals surface area contributed by atoms with Gasteiger partial charge in [0.2, 0.25) is 11.8 Å². The molecule has 6 nitrogen and oxygen atoms in total. The lowest BCUT2D eigenvalue weighted by molar-refractivity contribution is 0.0572. The molecule has 27 heavy (non-hydrogen) atoms. The van der Waals surface area contributed by atoms with Crippen LogP contribution in [0.3, 0.4) is 0 Å². The number of piperidine rings is 1. The smallest absolute Gasteiger partial charge is 0.263 e. The summed E-state index contributed by atoms with van der Waals surface area (Å²) in [6.45, 7) is 5.42. The average Bonchev–Trinajstić information content (AvgIpc) is 3.46. The van der Waals surface area contributed by atoms with Crippen molar-refractivity contribution in [1.29, 1.82) is 0 Å². The predicted molar refractivity (Wildman–Crippen MR) is 103 cm³/mol. The number of carbonyl (C=O) groups excluding carboxylic acids is 1. The zero-order valence-corrected chi connectivity index (χ0v) is 16.6. The third-order valence-corrected chi connectivity index (χ3v) is 7.66. The van der Waals surface area contributed by atoms with Gasteiger partial charge in [0.25, 0.3) is 5.91 Å². The minimum Gasteiger partial charge on any atom is -0.425 e. The van der Waals surface area contributed by atoms with Crippen LogP contribution in [-0.4, -0.2) is 58.1 Å². The Morgan fingerprint density at radius 2 is 2.15 bits per heavy atom. The van der Waals surface area contributed by atoms with E-state index in [0.29, 0.717) is 17.9 Å². The Kier molecular flexibility index (Phi) is 4.31. The second kappa shape index (κ2) is 6.71. The number of amides is 1. The lowest BCUT2D eigenvalue weighted by Gasteiger charge is -2.41. The lowest BCUT2D eigenvalue weighted by atomic mass is 9.72. The Bertz CT molecular complexity index is 814. The van der Waals surface area contributed by atoms with E-state index in [1.165, 1.54) is 37.0 Å². The Hall–Kier alpha value is -1.73. The zero-order chi connectivity index (χ0) is 18.4. The van der Waals surface area contributed by atoms with Crippen molar-refractivity contribution in [2.75, 3.05) is 26.2 Å². The molecule has 3 fully saturated rings. The first-order chi connectivity index (χ1) is 13.2. The van der Waals surface area contributed by atoms with E-state index in [9.17, 15) is 4.79 Å². The molecule has 2 aromatic heterocycles. The highest BCUT2D eigenvalue weighted by Crippen LogP contribution is 2.46. The van der Waals surface area contributed by atoms with Crippen molar-refractivity contribution in [3.05, 3.63) is 34.2 Å². The summed E-state index contributed by atoms with van der Waals surface area (Å²) in [5.74, 6) is 1.94.